The zero-order valence-corrected chi connectivity index (χ0v) is 15.0. The minimum Gasteiger partial charge on any atom is -0.333 e. The number of alkyl halides is 3. The topological polar surface area (TPSA) is 45.2 Å². The molecular formula is C18H16ClF4N3O. The summed E-state index contributed by atoms with van der Waals surface area (Å²) in [6, 6.07) is 4.24. The van der Waals surface area contributed by atoms with Crippen molar-refractivity contribution >= 4 is 17.5 Å². The molecule has 0 aliphatic carbocycles. The summed E-state index contributed by atoms with van der Waals surface area (Å²) >= 11 is 5.94. The van der Waals surface area contributed by atoms with E-state index in [2.05, 4.69) is 10.3 Å². The van der Waals surface area contributed by atoms with E-state index in [1.165, 1.54) is 6.07 Å². The fourth-order valence-electron chi connectivity index (χ4n) is 2.96. The molecule has 9 heteroatoms. The van der Waals surface area contributed by atoms with Gasteiger partial charge in [-0.05, 0) is 31.2 Å². The molecule has 1 aliphatic rings. The van der Waals surface area contributed by atoms with Crippen molar-refractivity contribution in [1.82, 2.24) is 15.2 Å². The number of carbonyl (C=O) groups excluding carboxylic acids is 1. The number of carbonyl (C=O) groups is 1. The van der Waals surface area contributed by atoms with Crippen molar-refractivity contribution in [3.8, 4) is 11.3 Å². The number of benzene rings is 1. The van der Waals surface area contributed by atoms with Crippen LogP contribution in [-0.4, -0.2) is 41.5 Å². The summed E-state index contributed by atoms with van der Waals surface area (Å²) in [6.45, 7) is 3.61. The second kappa shape index (κ2) is 7.44. The van der Waals surface area contributed by atoms with Gasteiger partial charge in [-0.3, -0.25) is 9.78 Å². The number of aromatic nitrogens is 1. The third-order valence-electron chi connectivity index (χ3n) is 4.35. The average molecular weight is 402 g/mol. The molecule has 2 heterocycles. The highest BCUT2D eigenvalue weighted by Gasteiger charge is 2.32. The molecule has 3 rings (SSSR count). The lowest BCUT2D eigenvalue weighted by Crippen LogP contribution is -2.52. The molecule has 144 valence electrons. The first kappa shape index (κ1) is 19.6. The van der Waals surface area contributed by atoms with Gasteiger partial charge >= 0.3 is 6.18 Å². The molecule has 1 N–H and O–H groups in total. The first-order valence-electron chi connectivity index (χ1n) is 8.22. The van der Waals surface area contributed by atoms with Crippen molar-refractivity contribution < 1.29 is 22.4 Å². The van der Waals surface area contributed by atoms with Crippen LogP contribution in [0.25, 0.3) is 11.3 Å². The summed E-state index contributed by atoms with van der Waals surface area (Å²) in [7, 11) is 0. The molecule has 4 nitrogen and oxygen atoms in total. The number of rotatable bonds is 2. The fraction of sp³-hybridized carbons (Fsp3) is 0.333. The van der Waals surface area contributed by atoms with Crippen LogP contribution < -0.4 is 5.32 Å². The molecule has 1 fully saturated rings. The van der Waals surface area contributed by atoms with E-state index in [9.17, 15) is 22.4 Å². The van der Waals surface area contributed by atoms with Gasteiger partial charge in [0.15, 0.2) is 0 Å². The van der Waals surface area contributed by atoms with E-state index in [0.717, 1.165) is 18.2 Å². The number of piperazine rings is 1. The molecular weight excluding hydrogens is 386 g/mol. The Kier molecular flexibility index (Phi) is 5.39. The molecule has 1 aromatic heterocycles. The maximum Gasteiger partial charge on any atom is 0.417 e. The van der Waals surface area contributed by atoms with Gasteiger partial charge in [-0.15, -0.1) is 0 Å². The van der Waals surface area contributed by atoms with Crippen LogP contribution in [0, 0.1) is 5.82 Å². The Hall–Kier alpha value is -2.19. The number of hydrogen-bond acceptors (Lipinski definition) is 3. The van der Waals surface area contributed by atoms with E-state index in [1.54, 1.807) is 4.90 Å². The van der Waals surface area contributed by atoms with Gasteiger partial charge in [0.1, 0.15) is 5.82 Å². The van der Waals surface area contributed by atoms with Crippen molar-refractivity contribution in [2.45, 2.75) is 19.1 Å². The Labute approximate surface area is 158 Å². The van der Waals surface area contributed by atoms with E-state index in [4.69, 9.17) is 11.6 Å². The Morgan fingerprint density at radius 1 is 1.30 bits per heavy atom. The number of pyridine rings is 1. The average Bonchev–Trinajstić information content (AvgIpc) is 2.60. The van der Waals surface area contributed by atoms with Gasteiger partial charge in [-0.2, -0.15) is 13.2 Å². The third-order valence-corrected chi connectivity index (χ3v) is 4.64. The fourth-order valence-corrected chi connectivity index (χ4v) is 3.24. The molecule has 0 saturated carbocycles. The largest absolute Gasteiger partial charge is 0.417 e. The summed E-state index contributed by atoms with van der Waals surface area (Å²) in [5.41, 5.74) is -0.790. The van der Waals surface area contributed by atoms with Crippen LogP contribution in [0.5, 0.6) is 0 Å². The second-order valence-electron chi connectivity index (χ2n) is 6.33. The highest BCUT2D eigenvalue weighted by molar-refractivity contribution is 6.33. The minimum absolute atomic E-state index is 0.0217. The Balaban J connectivity index is 1.97. The van der Waals surface area contributed by atoms with Crippen molar-refractivity contribution in [3.05, 3.63) is 52.4 Å². The molecule has 0 bridgehead atoms. The lowest BCUT2D eigenvalue weighted by molar-refractivity contribution is -0.137. The zero-order chi connectivity index (χ0) is 19.8. The lowest BCUT2D eigenvalue weighted by Gasteiger charge is -2.34. The van der Waals surface area contributed by atoms with Gasteiger partial charge in [0.25, 0.3) is 5.91 Å². The maximum absolute atomic E-state index is 14.1. The van der Waals surface area contributed by atoms with Gasteiger partial charge in [-0.25, -0.2) is 4.39 Å². The molecule has 1 aliphatic heterocycles. The van der Waals surface area contributed by atoms with Crippen molar-refractivity contribution in [3.63, 3.8) is 0 Å². The summed E-state index contributed by atoms with van der Waals surface area (Å²) in [5, 5.41) is 2.88. The zero-order valence-electron chi connectivity index (χ0n) is 14.3. The van der Waals surface area contributed by atoms with E-state index in [0.29, 0.717) is 25.8 Å². The SMILES string of the molecule is C[C@@H]1CNCCN1C(=O)c1cc(F)cc(-c2ncc(C(F)(F)F)cc2Cl)c1. The summed E-state index contributed by atoms with van der Waals surface area (Å²) in [4.78, 5) is 18.1. The summed E-state index contributed by atoms with van der Waals surface area (Å²) in [6.07, 6.45) is -3.96. The second-order valence-corrected chi connectivity index (χ2v) is 6.74. The number of hydrogen-bond donors (Lipinski definition) is 1. The quantitative estimate of drug-likeness (QED) is 0.774. The molecule has 2 aromatic rings. The van der Waals surface area contributed by atoms with E-state index in [-0.39, 0.29) is 33.8 Å². The first-order chi connectivity index (χ1) is 12.7. The molecule has 1 atom stereocenters. The van der Waals surface area contributed by atoms with Gasteiger partial charge in [0.2, 0.25) is 0 Å². The highest BCUT2D eigenvalue weighted by atomic mass is 35.5. The number of amides is 1. The molecule has 27 heavy (non-hydrogen) atoms. The number of nitrogens with one attached hydrogen (secondary N) is 1. The van der Waals surface area contributed by atoms with Crippen LogP contribution in [0.1, 0.15) is 22.8 Å². The van der Waals surface area contributed by atoms with Crippen LogP contribution in [0.4, 0.5) is 17.6 Å². The van der Waals surface area contributed by atoms with Gasteiger partial charge in [-0.1, -0.05) is 11.6 Å². The molecule has 0 spiro atoms. The normalized spacial score (nSPS) is 17.9. The van der Waals surface area contributed by atoms with E-state index >= 15 is 0 Å². The van der Waals surface area contributed by atoms with Gasteiger partial charge in [0.05, 0.1) is 16.3 Å². The van der Waals surface area contributed by atoms with Crippen LogP contribution in [0.3, 0.4) is 0 Å². The minimum atomic E-state index is -4.59. The van der Waals surface area contributed by atoms with Crippen molar-refractivity contribution in [1.29, 1.82) is 0 Å². The summed E-state index contributed by atoms with van der Waals surface area (Å²) < 4.78 is 52.4. The number of nitrogens with zero attached hydrogens (tertiary/aromatic N) is 2. The standard InChI is InChI=1S/C18H16ClF4N3O/c1-10-8-24-2-3-26(10)17(27)12-4-11(5-14(20)6-12)16-15(19)7-13(9-25-16)18(21,22)23/h4-7,9-10,24H,2-3,8H2,1H3/t10-/m1/s1. The Bertz CT molecular complexity index is 872. The summed E-state index contributed by atoms with van der Waals surface area (Å²) in [5.74, 6) is -1.05. The molecule has 1 saturated heterocycles. The smallest absolute Gasteiger partial charge is 0.333 e. The molecule has 0 unspecified atom stereocenters. The molecule has 0 radical (unpaired) electrons. The predicted molar refractivity (Wildman–Crippen MR) is 93.0 cm³/mol. The van der Waals surface area contributed by atoms with Crippen LogP contribution in [-0.2, 0) is 6.18 Å². The Morgan fingerprint density at radius 2 is 2.04 bits per heavy atom. The van der Waals surface area contributed by atoms with Gasteiger partial charge < -0.3 is 10.2 Å². The van der Waals surface area contributed by atoms with Crippen molar-refractivity contribution in [2.24, 2.45) is 0 Å². The maximum atomic E-state index is 14.1. The molecule has 1 aromatic carbocycles. The van der Waals surface area contributed by atoms with E-state index in [1.807, 2.05) is 6.92 Å². The number of halogens is 5. The lowest BCUT2D eigenvalue weighted by atomic mass is 10.0. The monoisotopic (exact) mass is 401 g/mol. The molecule has 1 amide bonds. The van der Waals surface area contributed by atoms with Gasteiger partial charge in [0, 0.05) is 43.0 Å². The Morgan fingerprint density at radius 3 is 2.67 bits per heavy atom. The predicted octanol–water partition coefficient (Wildman–Crippen LogP) is 3.99. The van der Waals surface area contributed by atoms with Crippen LogP contribution in [0.15, 0.2) is 30.5 Å². The van der Waals surface area contributed by atoms with Crippen LogP contribution >= 0.6 is 11.6 Å². The highest BCUT2D eigenvalue weighted by Crippen LogP contribution is 2.34. The first-order valence-corrected chi connectivity index (χ1v) is 8.60. The van der Waals surface area contributed by atoms with Crippen molar-refractivity contribution in [2.75, 3.05) is 19.6 Å². The van der Waals surface area contributed by atoms with E-state index < -0.39 is 17.6 Å². The third kappa shape index (κ3) is 4.22. The van der Waals surface area contributed by atoms with Crippen LogP contribution in [0.2, 0.25) is 5.02 Å².